The number of carbonyl (C=O) groups is 1. The van der Waals surface area contributed by atoms with Crippen LogP contribution in [0.25, 0.3) is 10.9 Å². The molecule has 2 aromatic carbocycles. The number of nitrogens with zero attached hydrogens (tertiary/aromatic N) is 1. The fraction of sp³-hybridized carbons (Fsp3) is 0.292. The number of thioether (sulfide) groups is 1. The highest BCUT2D eigenvalue weighted by molar-refractivity contribution is 8.04. The summed E-state index contributed by atoms with van der Waals surface area (Å²) in [5.74, 6) is 0.285. The van der Waals surface area contributed by atoms with Gasteiger partial charge in [-0.25, -0.2) is 9.78 Å². The average molecular weight is 456 g/mol. The predicted octanol–water partition coefficient (Wildman–Crippen LogP) is 4.73. The number of aromatic nitrogens is 1. The molecule has 0 bridgehead atoms. The zero-order valence-electron chi connectivity index (χ0n) is 17.4. The van der Waals surface area contributed by atoms with Crippen molar-refractivity contribution in [2.24, 2.45) is 0 Å². The molecule has 0 fully saturated rings. The summed E-state index contributed by atoms with van der Waals surface area (Å²) in [7, 11) is -1.91. The number of ether oxygens (including phenoxy) is 1. The Morgan fingerprint density at radius 2 is 1.90 bits per heavy atom. The molecule has 0 saturated heterocycles. The van der Waals surface area contributed by atoms with Crippen LogP contribution in [0.15, 0.2) is 71.8 Å². The molecule has 0 aliphatic carbocycles. The second kappa shape index (κ2) is 11.4. The summed E-state index contributed by atoms with van der Waals surface area (Å²) in [5.41, 5.74) is 0.720. The highest BCUT2D eigenvalue weighted by Crippen LogP contribution is 2.30. The number of carboxylic acids is 1. The van der Waals surface area contributed by atoms with Gasteiger partial charge < -0.3 is 14.7 Å². The van der Waals surface area contributed by atoms with Gasteiger partial charge in [-0.05, 0) is 43.9 Å². The Hall–Kier alpha value is -2.24. The molecule has 31 heavy (non-hydrogen) atoms. The fourth-order valence-electron chi connectivity index (χ4n) is 3.38. The SMILES string of the molecule is CCOC(C=[P+]([O-])CSc1ccc2ccccc2n1)(CCCc1ccccc1)C(=O)O. The van der Waals surface area contributed by atoms with Gasteiger partial charge in [0.05, 0.1) is 13.3 Å². The number of aryl methyl sites for hydroxylation is 1. The van der Waals surface area contributed by atoms with Crippen LogP contribution in [-0.2, 0) is 16.0 Å². The van der Waals surface area contributed by atoms with Gasteiger partial charge in [0, 0.05) is 12.0 Å². The van der Waals surface area contributed by atoms with E-state index < -0.39 is 19.3 Å². The molecule has 0 aliphatic rings. The van der Waals surface area contributed by atoms with E-state index in [4.69, 9.17) is 4.74 Å². The molecule has 1 heterocycles. The van der Waals surface area contributed by atoms with E-state index in [1.54, 1.807) is 6.92 Å². The lowest BCUT2D eigenvalue weighted by Crippen LogP contribution is -2.43. The number of hydrogen-bond donors (Lipinski definition) is 1. The van der Waals surface area contributed by atoms with Crippen molar-refractivity contribution in [2.45, 2.75) is 36.8 Å². The van der Waals surface area contributed by atoms with Crippen LogP contribution in [0.3, 0.4) is 0 Å². The highest BCUT2D eigenvalue weighted by atomic mass is 32.2. The van der Waals surface area contributed by atoms with Crippen LogP contribution in [0, 0.1) is 0 Å². The van der Waals surface area contributed by atoms with Crippen LogP contribution in [-0.4, -0.2) is 39.6 Å². The molecule has 1 N–H and O–H groups in total. The summed E-state index contributed by atoms with van der Waals surface area (Å²) in [6.07, 6.45) is 1.63. The summed E-state index contributed by atoms with van der Waals surface area (Å²) in [6, 6.07) is 21.6. The summed E-state index contributed by atoms with van der Waals surface area (Å²) in [4.78, 5) is 29.5. The number of hydrogen-bond acceptors (Lipinski definition) is 5. The van der Waals surface area contributed by atoms with E-state index in [0.717, 1.165) is 27.9 Å². The van der Waals surface area contributed by atoms with Crippen LogP contribution >= 0.6 is 19.5 Å². The van der Waals surface area contributed by atoms with E-state index in [-0.39, 0.29) is 18.5 Å². The second-order valence-corrected chi connectivity index (χ2v) is 9.96. The minimum atomic E-state index is -1.91. The van der Waals surface area contributed by atoms with Gasteiger partial charge in [-0.15, -0.1) is 0 Å². The number of aliphatic carboxylic acids is 1. The molecule has 3 aromatic rings. The van der Waals surface area contributed by atoms with Gasteiger partial charge in [-0.3, -0.25) is 0 Å². The fourth-order valence-corrected chi connectivity index (χ4v) is 5.83. The lowest BCUT2D eigenvalue weighted by Gasteiger charge is -2.24. The minimum absolute atomic E-state index is 0.233. The second-order valence-electron chi connectivity index (χ2n) is 7.13. The van der Waals surface area contributed by atoms with E-state index in [1.165, 1.54) is 17.6 Å². The van der Waals surface area contributed by atoms with Crippen molar-refractivity contribution in [1.29, 1.82) is 0 Å². The number of carboxylic acid groups (broad SMARTS) is 1. The van der Waals surface area contributed by atoms with E-state index in [0.29, 0.717) is 6.42 Å². The van der Waals surface area contributed by atoms with Gasteiger partial charge in [-0.1, -0.05) is 66.4 Å². The first-order chi connectivity index (χ1) is 15.0. The molecule has 162 valence electrons. The topological polar surface area (TPSA) is 82.5 Å². The van der Waals surface area contributed by atoms with Crippen molar-refractivity contribution in [2.75, 3.05) is 12.1 Å². The van der Waals surface area contributed by atoms with Gasteiger partial charge in [0.15, 0.2) is 5.49 Å². The molecule has 0 saturated carbocycles. The average Bonchev–Trinajstić information content (AvgIpc) is 2.78. The van der Waals surface area contributed by atoms with Gasteiger partial charge in [0.25, 0.3) is 0 Å². The molecule has 2 atom stereocenters. The zero-order chi connectivity index (χ0) is 22.1. The maximum Gasteiger partial charge on any atom is 0.344 e. The summed E-state index contributed by atoms with van der Waals surface area (Å²) >= 11 is 1.36. The van der Waals surface area contributed by atoms with Crippen molar-refractivity contribution in [3.8, 4) is 0 Å². The highest BCUT2D eigenvalue weighted by Gasteiger charge is 2.40. The standard InChI is InChI=1S/C24H26NO4PS/c1-2-29-24(23(26)27,16-8-11-19-9-4-3-5-10-19)17-30(28)18-31-22-15-14-20-12-6-7-13-21(20)25-22/h3-7,9-10,12-15,17H,2,8,11,16,18H2,1H3,(H,26,27). The first-order valence-electron chi connectivity index (χ1n) is 10.2. The quantitative estimate of drug-likeness (QED) is 0.333. The van der Waals surface area contributed by atoms with E-state index in [1.807, 2.05) is 66.7 Å². The molecule has 5 nitrogen and oxygen atoms in total. The number of para-hydroxylation sites is 1. The van der Waals surface area contributed by atoms with Crippen LogP contribution in [0.2, 0.25) is 0 Å². The smallest absolute Gasteiger partial charge is 0.344 e. The molecule has 0 radical (unpaired) electrons. The Bertz CT molecular complexity index is 1040. The normalized spacial score (nSPS) is 13.8. The summed E-state index contributed by atoms with van der Waals surface area (Å²) < 4.78 is 5.65. The number of pyridine rings is 1. The molecule has 0 aliphatic heterocycles. The van der Waals surface area contributed by atoms with Gasteiger partial charge in [0.1, 0.15) is 10.8 Å². The largest absolute Gasteiger partial charge is 0.630 e. The number of rotatable bonds is 11. The monoisotopic (exact) mass is 455 g/mol. The molecule has 2 unspecified atom stereocenters. The van der Waals surface area contributed by atoms with Crippen molar-refractivity contribution >= 4 is 42.2 Å². The van der Waals surface area contributed by atoms with Gasteiger partial charge in [0.2, 0.25) is 5.60 Å². The summed E-state index contributed by atoms with van der Waals surface area (Å²) in [5, 5.41) is 11.7. The third kappa shape index (κ3) is 6.62. The van der Waals surface area contributed by atoms with Crippen molar-refractivity contribution in [3.05, 3.63) is 72.3 Å². The van der Waals surface area contributed by atoms with E-state index >= 15 is 0 Å². The molecule has 7 heteroatoms. The molecule has 0 amide bonds. The zero-order valence-corrected chi connectivity index (χ0v) is 19.1. The van der Waals surface area contributed by atoms with E-state index in [9.17, 15) is 14.8 Å². The first-order valence-corrected chi connectivity index (χ1v) is 12.7. The Labute approximate surface area is 188 Å². The van der Waals surface area contributed by atoms with Crippen LogP contribution < -0.4 is 4.89 Å². The third-order valence-corrected chi connectivity index (χ3v) is 7.65. The van der Waals surface area contributed by atoms with Crippen LogP contribution in [0.1, 0.15) is 25.3 Å². The minimum Gasteiger partial charge on any atom is -0.630 e. The molecule has 3 rings (SSSR count). The molecular formula is C24H26NO4PS. The lowest BCUT2D eigenvalue weighted by molar-refractivity contribution is -0.159. The van der Waals surface area contributed by atoms with E-state index in [2.05, 4.69) is 4.98 Å². The molecular weight excluding hydrogens is 429 g/mol. The molecule has 0 spiro atoms. The Morgan fingerprint density at radius 3 is 2.65 bits per heavy atom. The number of fused-ring (bicyclic) bond motifs is 1. The van der Waals surface area contributed by atoms with Crippen molar-refractivity contribution in [1.82, 2.24) is 4.98 Å². The van der Waals surface area contributed by atoms with Crippen LogP contribution in [0.4, 0.5) is 0 Å². The predicted molar refractivity (Wildman–Crippen MR) is 127 cm³/mol. The first kappa shape index (κ1) is 23.4. The van der Waals surface area contributed by atoms with Gasteiger partial charge in [-0.2, -0.15) is 0 Å². The van der Waals surface area contributed by atoms with Crippen molar-refractivity contribution in [3.63, 3.8) is 0 Å². The van der Waals surface area contributed by atoms with Crippen LogP contribution in [0.5, 0.6) is 0 Å². The van der Waals surface area contributed by atoms with Crippen molar-refractivity contribution < 1.29 is 19.5 Å². The van der Waals surface area contributed by atoms with Gasteiger partial charge >= 0.3 is 5.97 Å². The maximum atomic E-state index is 12.8. The Morgan fingerprint density at radius 1 is 1.16 bits per heavy atom. The Kier molecular flexibility index (Phi) is 8.61. The summed E-state index contributed by atoms with van der Waals surface area (Å²) in [6.45, 7) is 1.99. The third-order valence-electron chi connectivity index (χ3n) is 4.89. The number of benzene rings is 2. The lowest BCUT2D eigenvalue weighted by atomic mass is 9.96. The Balaban J connectivity index is 1.68. The molecule has 1 aromatic heterocycles. The maximum absolute atomic E-state index is 12.8.